The van der Waals surface area contributed by atoms with Gasteiger partial charge in [-0.25, -0.2) is 13.2 Å². The molecule has 1 aliphatic heterocycles. The molecule has 0 amide bonds. The van der Waals surface area contributed by atoms with Crippen molar-refractivity contribution >= 4 is 51.0 Å². The Labute approximate surface area is 137 Å². The number of aromatic carboxylic acids is 1. The lowest BCUT2D eigenvalue weighted by atomic mass is 10.2. The summed E-state index contributed by atoms with van der Waals surface area (Å²) in [5.74, 6) is 0.0286. The molecular formula is C12H13Cl2NO4S2. The van der Waals surface area contributed by atoms with Gasteiger partial charge in [-0.3, -0.25) is 0 Å². The van der Waals surface area contributed by atoms with Gasteiger partial charge in [0, 0.05) is 24.1 Å². The highest BCUT2D eigenvalue weighted by molar-refractivity contribution is 7.99. The molecular weight excluding hydrogens is 357 g/mol. The lowest BCUT2D eigenvalue weighted by molar-refractivity contribution is 0.0697. The zero-order chi connectivity index (χ0) is 15.8. The summed E-state index contributed by atoms with van der Waals surface area (Å²) in [5.41, 5.74) is -0.390. The number of nitrogens with zero attached hydrogens (tertiary/aromatic N) is 1. The molecule has 1 saturated heterocycles. The predicted octanol–water partition coefficient (Wildman–Crippen LogP) is 2.82. The van der Waals surface area contributed by atoms with Crippen molar-refractivity contribution in [3.63, 3.8) is 0 Å². The fourth-order valence-electron chi connectivity index (χ4n) is 2.12. The second-order valence-corrected chi connectivity index (χ2v) is 8.37. The molecule has 1 aromatic rings. The summed E-state index contributed by atoms with van der Waals surface area (Å²) in [6.07, 6.45) is 0. The molecule has 1 aliphatic rings. The molecule has 1 N–H and O–H groups in total. The van der Waals surface area contributed by atoms with Gasteiger partial charge in [0.2, 0.25) is 10.0 Å². The van der Waals surface area contributed by atoms with Crippen LogP contribution in [0.1, 0.15) is 17.3 Å². The van der Waals surface area contributed by atoms with Crippen molar-refractivity contribution in [1.29, 1.82) is 0 Å². The van der Waals surface area contributed by atoms with Crippen molar-refractivity contribution in [3.8, 4) is 0 Å². The highest BCUT2D eigenvalue weighted by atomic mass is 35.5. The van der Waals surface area contributed by atoms with Gasteiger partial charge >= 0.3 is 5.97 Å². The number of hydrogen-bond donors (Lipinski definition) is 1. The first-order valence-electron chi connectivity index (χ1n) is 6.07. The van der Waals surface area contributed by atoms with Gasteiger partial charge in [-0.05, 0) is 19.1 Å². The quantitative estimate of drug-likeness (QED) is 0.886. The van der Waals surface area contributed by atoms with Crippen molar-refractivity contribution in [2.75, 3.05) is 18.1 Å². The van der Waals surface area contributed by atoms with Crippen LogP contribution in [0.15, 0.2) is 17.0 Å². The third kappa shape index (κ3) is 3.17. The summed E-state index contributed by atoms with van der Waals surface area (Å²) < 4.78 is 26.8. The lowest BCUT2D eigenvalue weighted by Crippen LogP contribution is -2.44. The maximum atomic E-state index is 12.7. The average Bonchev–Trinajstić information content (AvgIpc) is 2.38. The number of hydrogen-bond acceptors (Lipinski definition) is 4. The van der Waals surface area contributed by atoms with Crippen LogP contribution in [0, 0.1) is 0 Å². The molecule has 2 rings (SSSR count). The van der Waals surface area contributed by atoms with Gasteiger partial charge in [0.15, 0.2) is 0 Å². The Morgan fingerprint density at radius 1 is 1.43 bits per heavy atom. The zero-order valence-corrected chi connectivity index (χ0v) is 14.2. The van der Waals surface area contributed by atoms with Crippen LogP contribution in [0.3, 0.4) is 0 Å². The molecule has 1 fully saturated rings. The van der Waals surface area contributed by atoms with Gasteiger partial charge in [-0.2, -0.15) is 16.1 Å². The van der Waals surface area contributed by atoms with Crippen LogP contribution in [-0.4, -0.2) is 47.9 Å². The first-order chi connectivity index (χ1) is 9.76. The minimum Gasteiger partial charge on any atom is -0.478 e. The van der Waals surface area contributed by atoms with Crippen LogP contribution >= 0.6 is 35.0 Å². The van der Waals surface area contributed by atoms with Crippen molar-refractivity contribution in [1.82, 2.24) is 4.31 Å². The fourth-order valence-corrected chi connectivity index (χ4v) is 5.87. The number of thioether (sulfide) groups is 1. The molecule has 1 unspecified atom stereocenters. The minimum atomic E-state index is -3.85. The standard InChI is InChI=1S/C12H13Cl2NO4S2/c1-7-6-20-5-4-15(7)21(18,19)9-3-2-8(13)10(11(9)14)12(16)17/h2-3,7H,4-6H2,1H3,(H,16,17). The maximum absolute atomic E-state index is 12.7. The molecule has 0 aliphatic carbocycles. The van der Waals surface area contributed by atoms with Crippen molar-refractivity contribution in [3.05, 3.63) is 27.7 Å². The molecule has 0 aromatic heterocycles. The van der Waals surface area contributed by atoms with Gasteiger partial charge in [0.1, 0.15) is 4.90 Å². The second-order valence-electron chi connectivity index (χ2n) is 4.58. The molecule has 0 saturated carbocycles. The summed E-state index contributed by atoms with van der Waals surface area (Å²) in [7, 11) is -3.85. The van der Waals surface area contributed by atoms with Crippen LogP contribution in [0.25, 0.3) is 0 Å². The van der Waals surface area contributed by atoms with E-state index >= 15 is 0 Å². The van der Waals surface area contributed by atoms with E-state index in [1.165, 1.54) is 16.4 Å². The first kappa shape index (κ1) is 16.9. The Bertz CT molecular complexity index is 678. The van der Waals surface area contributed by atoms with Crippen LogP contribution in [0.4, 0.5) is 0 Å². The first-order valence-corrected chi connectivity index (χ1v) is 9.42. The minimum absolute atomic E-state index is 0.0892. The SMILES string of the molecule is CC1CSCCN1S(=O)(=O)c1ccc(Cl)c(C(=O)O)c1Cl. The number of sulfonamides is 1. The van der Waals surface area contributed by atoms with Crippen molar-refractivity contribution in [2.24, 2.45) is 0 Å². The van der Waals surface area contributed by atoms with E-state index in [-0.39, 0.29) is 21.0 Å². The summed E-state index contributed by atoms with van der Waals surface area (Å²) in [6.45, 7) is 2.18. The second kappa shape index (κ2) is 6.34. The summed E-state index contributed by atoms with van der Waals surface area (Å²) in [6, 6.07) is 2.32. The van der Waals surface area contributed by atoms with Gasteiger partial charge in [-0.15, -0.1) is 0 Å². The van der Waals surface area contributed by atoms with Crippen LogP contribution < -0.4 is 0 Å². The van der Waals surface area contributed by atoms with E-state index in [1.807, 2.05) is 6.92 Å². The Balaban J connectivity index is 2.55. The number of halogens is 2. The molecule has 0 bridgehead atoms. The highest BCUT2D eigenvalue weighted by Gasteiger charge is 2.34. The summed E-state index contributed by atoms with van der Waals surface area (Å²) in [4.78, 5) is 11.0. The molecule has 0 radical (unpaired) electrons. The third-order valence-corrected chi connectivity index (χ3v) is 7.23. The molecule has 1 aromatic carbocycles. The van der Waals surface area contributed by atoms with E-state index < -0.39 is 21.6 Å². The molecule has 9 heteroatoms. The smallest absolute Gasteiger partial charge is 0.338 e. The predicted molar refractivity (Wildman–Crippen MR) is 84.1 cm³/mol. The zero-order valence-electron chi connectivity index (χ0n) is 11.0. The topological polar surface area (TPSA) is 74.7 Å². The van der Waals surface area contributed by atoms with Gasteiger partial charge < -0.3 is 5.11 Å². The lowest BCUT2D eigenvalue weighted by Gasteiger charge is -2.32. The van der Waals surface area contributed by atoms with Gasteiger partial charge in [-0.1, -0.05) is 23.2 Å². The van der Waals surface area contributed by atoms with Crippen LogP contribution in [-0.2, 0) is 10.0 Å². The normalized spacial score (nSPS) is 20.4. The van der Waals surface area contributed by atoms with E-state index in [9.17, 15) is 13.2 Å². The Kier molecular flexibility index (Phi) is 5.10. The fraction of sp³-hybridized carbons (Fsp3) is 0.417. The Hall–Kier alpha value is -0.470. The van der Waals surface area contributed by atoms with E-state index in [0.717, 1.165) is 0 Å². The molecule has 1 heterocycles. The summed E-state index contributed by atoms with van der Waals surface area (Å²) in [5, 5.41) is 8.68. The molecule has 1 atom stereocenters. The molecule has 0 spiro atoms. The summed E-state index contributed by atoms with van der Waals surface area (Å²) >= 11 is 13.4. The largest absolute Gasteiger partial charge is 0.478 e. The van der Waals surface area contributed by atoms with E-state index in [1.54, 1.807) is 11.8 Å². The van der Waals surface area contributed by atoms with Crippen LogP contribution in [0.2, 0.25) is 10.0 Å². The van der Waals surface area contributed by atoms with E-state index in [0.29, 0.717) is 18.1 Å². The highest BCUT2D eigenvalue weighted by Crippen LogP contribution is 2.34. The third-order valence-electron chi connectivity index (χ3n) is 3.16. The van der Waals surface area contributed by atoms with E-state index in [2.05, 4.69) is 0 Å². The number of benzene rings is 1. The van der Waals surface area contributed by atoms with Gasteiger partial charge in [0.25, 0.3) is 0 Å². The Morgan fingerprint density at radius 2 is 2.10 bits per heavy atom. The monoisotopic (exact) mass is 369 g/mol. The number of carboxylic acid groups (broad SMARTS) is 1. The van der Waals surface area contributed by atoms with Crippen molar-refractivity contribution < 1.29 is 18.3 Å². The van der Waals surface area contributed by atoms with Gasteiger partial charge in [0.05, 0.1) is 15.6 Å². The number of carboxylic acids is 1. The number of rotatable bonds is 3. The molecule has 21 heavy (non-hydrogen) atoms. The maximum Gasteiger partial charge on any atom is 0.338 e. The molecule has 116 valence electrons. The molecule has 5 nitrogen and oxygen atoms in total. The van der Waals surface area contributed by atoms with Crippen molar-refractivity contribution in [2.45, 2.75) is 17.9 Å². The number of carbonyl (C=O) groups is 1. The van der Waals surface area contributed by atoms with E-state index in [4.69, 9.17) is 28.3 Å². The Morgan fingerprint density at radius 3 is 2.67 bits per heavy atom. The van der Waals surface area contributed by atoms with Crippen LogP contribution in [0.5, 0.6) is 0 Å². The average molecular weight is 370 g/mol.